The maximum absolute atomic E-state index is 10.4. The molecule has 3 nitrogen and oxygen atoms in total. The van der Waals surface area contributed by atoms with Crippen LogP contribution >= 0.6 is 0 Å². The largest absolute Gasteiger partial charge is 0.399 e. The Bertz CT molecular complexity index is 204. The number of Topliss-reactive ketones (excluding diaryl/α,β-unsaturated/α-hetero) is 1. The zero-order valence-corrected chi connectivity index (χ0v) is 6.63. The molecule has 11 heavy (non-hydrogen) atoms. The fourth-order valence-electron chi connectivity index (χ4n) is 0.426. The highest BCUT2D eigenvalue weighted by molar-refractivity contribution is 5.77. The average molecular weight is 153 g/mol. The quantitative estimate of drug-likeness (QED) is 0.392. The molecule has 0 rings (SSSR count). The maximum Gasteiger partial charge on any atom is 0.198 e. The highest BCUT2D eigenvalue weighted by Gasteiger charge is 1.90. The molecule has 0 aromatic heterocycles. The Morgan fingerprint density at radius 1 is 1.73 bits per heavy atom. The Balaban J connectivity index is 3.76. The van der Waals surface area contributed by atoms with Gasteiger partial charge >= 0.3 is 0 Å². The number of hydrogen-bond donors (Lipinski definition) is 2. The lowest BCUT2D eigenvalue weighted by atomic mass is 10.4. The van der Waals surface area contributed by atoms with Crippen molar-refractivity contribution in [3.63, 3.8) is 0 Å². The fourth-order valence-corrected chi connectivity index (χ4v) is 0.426. The minimum atomic E-state index is 0.0897. The molecule has 0 fully saturated rings. The van der Waals surface area contributed by atoms with Crippen LogP contribution < -0.4 is 10.7 Å². The first-order valence-electron chi connectivity index (χ1n) is 3.31. The van der Waals surface area contributed by atoms with Crippen LogP contribution in [0.25, 0.3) is 0 Å². The lowest BCUT2D eigenvalue weighted by Crippen LogP contribution is -2.70. The van der Waals surface area contributed by atoms with E-state index in [0.29, 0.717) is 12.2 Å². The minimum absolute atomic E-state index is 0.0897. The fraction of sp³-hybridized carbons (Fsp3) is 0.250. The zero-order valence-electron chi connectivity index (χ0n) is 6.63. The van der Waals surface area contributed by atoms with Crippen molar-refractivity contribution in [2.24, 2.45) is 5.73 Å². The number of allylic oxidation sites excluding steroid dienone is 2. The van der Waals surface area contributed by atoms with Crippen molar-refractivity contribution in [3.05, 3.63) is 24.4 Å². The second-order valence-corrected chi connectivity index (χ2v) is 2.12. The standard InChI is InChI=1S/C8H12N2O/c1-3-8(9)4-5-10-6-7(2)11/h3-5H,1,6,9H2,2H3/p+1/b8-4+,10-5?. The molecule has 0 saturated carbocycles. The van der Waals surface area contributed by atoms with Gasteiger partial charge in [0.05, 0.1) is 0 Å². The molecule has 0 unspecified atom stereocenters. The molecule has 0 amide bonds. The van der Waals surface area contributed by atoms with Crippen molar-refractivity contribution < 1.29 is 9.79 Å². The van der Waals surface area contributed by atoms with Gasteiger partial charge in [0.2, 0.25) is 0 Å². The molecule has 0 aromatic carbocycles. The van der Waals surface area contributed by atoms with E-state index in [1.807, 2.05) is 0 Å². The van der Waals surface area contributed by atoms with E-state index in [1.54, 1.807) is 12.3 Å². The third-order valence-electron chi connectivity index (χ3n) is 0.980. The van der Waals surface area contributed by atoms with Gasteiger partial charge in [-0.3, -0.25) is 4.79 Å². The summed E-state index contributed by atoms with van der Waals surface area (Å²) in [6.45, 7) is 5.32. The topological polar surface area (TPSA) is 57.1 Å². The number of carbonyl (C=O) groups excluding carboxylic acids is 1. The van der Waals surface area contributed by atoms with Gasteiger partial charge in [-0.15, -0.1) is 0 Å². The van der Waals surface area contributed by atoms with Crippen molar-refractivity contribution in [1.82, 2.24) is 0 Å². The van der Waals surface area contributed by atoms with Gasteiger partial charge in [0.15, 0.2) is 18.5 Å². The molecule has 0 radical (unpaired) electrons. The Morgan fingerprint density at radius 2 is 2.36 bits per heavy atom. The van der Waals surface area contributed by atoms with Crippen LogP contribution in [0.3, 0.4) is 0 Å². The predicted molar refractivity (Wildman–Crippen MR) is 45.0 cm³/mol. The number of carbonyl (C=O) groups is 1. The van der Waals surface area contributed by atoms with Crippen LogP contribution in [0.1, 0.15) is 6.92 Å². The molecule has 0 spiro atoms. The predicted octanol–water partition coefficient (Wildman–Crippen LogP) is -1.24. The van der Waals surface area contributed by atoms with Crippen LogP contribution in [-0.4, -0.2) is 18.5 Å². The van der Waals surface area contributed by atoms with E-state index in [-0.39, 0.29) is 5.78 Å². The number of hydrogen-bond acceptors (Lipinski definition) is 2. The van der Waals surface area contributed by atoms with E-state index < -0.39 is 0 Å². The third-order valence-corrected chi connectivity index (χ3v) is 0.980. The summed E-state index contributed by atoms with van der Waals surface area (Å²) in [5.74, 6) is 0.0897. The van der Waals surface area contributed by atoms with Gasteiger partial charge in [0.1, 0.15) is 0 Å². The molecular formula is C8H13N2O+. The number of nitrogens with two attached hydrogens (primary N) is 1. The van der Waals surface area contributed by atoms with Gasteiger partial charge in [0, 0.05) is 18.7 Å². The van der Waals surface area contributed by atoms with Crippen LogP contribution in [0.15, 0.2) is 24.4 Å². The molecule has 60 valence electrons. The Labute approximate surface area is 66.3 Å². The van der Waals surface area contributed by atoms with Gasteiger partial charge in [0.25, 0.3) is 0 Å². The Hall–Kier alpha value is -1.38. The number of rotatable bonds is 4. The lowest BCUT2D eigenvalue weighted by molar-refractivity contribution is -0.437. The average Bonchev–Trinajstić information content (AvgIpc) is 1.97. The van der Waals surface area contributed by atoms with E-state index >= 15 is 0 Å². The summed E-state index contributed by atoms with van der Waals surface area (Å²) < 4.78 is 0. The van der Waals surface area contributed by atoms with Gasteiger partial charge in [-0.1, -0.05) is 6.58 Å². The molecule has 0 aliphatic rings. The summed E-state index contributed by atoms with van der Waals surface area (Å²) in [4.78, 5) is 13.2. The van der Waals surface area contributed by atoms with Gasteiger partial charge in [-0.25, -0.2) is 4.99 Å². The molecule has 0 aromatic rings. The minimum Gasteiger partial charge on any atom is -0.399 e. The van der Waals surface area contributed by atoms with Gasteiger partial charge < -0.3 is 5.73 Å². The summed E-state index contributed by atoms with van der Waals surface area (Å²) in [6.07, 6.45) is 4.81. The molecule has 3 heteroatoms. The third kappa shape index (κ3) is 6.51. The first kappa shape index (κ1) is 9.62. The zero-order chi connectivity index (χ0) is 8.69. The second kappa shape index (κ2) is 5.41. The molecule has 0 aliphatic carbocycles. The van der Waals surface area contributed by atoms with Crippen LogP contribution in [0.2, 0.25) is 0 Å². The SMILES string of the molecule is C=C/C(N)=C\C=[NH+]CC(C)=O. The number of nitrogens with one attached hydrogen (secondary N) is 1. The van der Waals surface area contributed by atoms with Crippen molar-refractivity contribution in [1.29, 1.82) is 0 Å². The molecule has 3 N–H and O–H groups in total. The van der Waals surface area contributed by atoms with Crippen LogP contribution in [0.5, 0.6) is 0 Å². The summed E-state index contributed by atoms with van der Waals surface area (Å²) in [5.41, 5.74) is 5.95. The Kier molecular flexibility index (Phi) is 4.73. The molecule has 0 saturated heterocycles. The summed E-state index contributed by atoms with van der Waals surface area (Å²) in [6, 6.07) is 0. The molecule has 0 atom stereocenters. The molecule has 0 bridgehead atoms. The molecule has 0 aliphatic heterocycles. The first-order chi connectivity index (χ1) is 5.16. The summed E-state index contributed by atoms with van der Waals surface area (Å²) >= 11 is 0. The van der Waals surface area contributed by atoms with Gasteiger partial charge in [-0.05, 0) is 6.08 Å². The number of ketones is 1. The van der Waals surface area contributed by atoms with Crippen molar-refractivity contribution in [2.75, 3.05) is 6.54 Å². The first-order valence-corrected chi connectivity index (χ1v) is 3.31. The summed E-state index contributed by atoms with van der Waals surface area (Å²) in [5, 5.41) is 0. The van der Waals surface area contributed by atoms with E-state index in [2.05, 4.69) is 11.6 Å². The van der Waals surface area contributed by atoms with Crippen LogP contribution in [-0.2, 0) is 4.79 Å². The van der Waals surface area contributed by atoms with Crippen LogP contribution in [0, 0.1) is 0 Å². The molecule has 0 heterocycles. The van der Waals surface area contributed by atoms with E-state index in [9.17, 15) is 4.79 Å². The van der Waals surface area contributed by atoms with Crippen LogP contribution in [0.4, 0.5) is 0 Å². The highest BCUT2D eigenvalue weighted by atomic mass is 16.1. The smallest absolute Gasteiger partial charge is 0.198 e. The van der Waals surface area contributed by atoms with E-state index in [1.165, 1.54) is 13.0 Å². The normalized spacial score (nSPS) is 11.9. The van der Waals surface area contributed by atoms with Crippen molar-refractivity contribution in [2.45, 2.75) is 6.92 Å². The highest BCUT2D eigenvalue weighted by Crippen LogP contribution is 1.76. The van der Waals surface area contributed by atoms with E-state index in [0.717, 1.165) is 0 Å². The second-order valence-electron chi connectivity index (χ2n) is 2.12. The van der Waals surface area contributed by atoms with Crippen molar-refractivity contribution in [3.8, 4) is 0 Å². The van der Waals surface area contributed by atoms with E-state index in [4.69, 9.17) is 5.73 Å². The Morgan fingerprint density at radius 3 is 2.82 bits per heavy atom. The maximum atomic E-state index is 10.4. The molecular weight excluding hydrogens is 140 g/mol. The van der Waals surface area contributed by atoms with Gasteiger partial charge in [-0.2, -0.15) is 0 Å². The lowest BCUT2D eigenvalue weighted by Gasteiger charge is -1.82. The monoisotopic (exact) mass is 153 g/mol. The summed E-state index contributed by atoms with van der Waals surface area (Å²) in [7, 11) is 0. The van der Waals surface area contributed by atoms with Crippen molar-refractivity contribution >= 4 is 12.0 Å².